The summed E-state index contributed by atoms with van der Waals surface area (Å²) in [5, 5.41) is 5.15. The molecule has 1 saturated heterocycles. The van der Waals surface area contributed by atoms with Crippen molar-refractivity contribution in [3.63, 3.8) is 0 Å². The third-order valence-corrected chi connectivity index (χ3v) is 7.14. The van der Waals surface area contributed by atoms with Crippen molar-refractivity contribution < 1.29 is 23.9 Å². The van der Waals surface area contributed by atoms with Gasteiger partial charge >= 0.3 is 0 Å². The largest absolute Gasteiger partial charge is 0.484 e. The molecule has 206 valence electrons. The summed E-state index contributed by atoms with van der Waals surface area (Å²) in [6, 6.07) is 20.1. The third kappa shape index (κ3) is 7.18. The minimum Gasteiger partial charge on any atom is -0.484 e. The lowest BCUT2D eigenvalue weighted by molar-refractivity contribution is -0.127. The van der Waals surface area contributed by atoms with Crippen LogP contribution < -0.4 is 15.4 Å². The Hall–Kier alpha value is -4.37. The van der Waals surface area contributed by atoms with Crippen molar-refractivity contribution in [2.75, 3.05) is 23.8 Å². The molecule has 1 fully saturated rings. The summed E-state index contributed by atoms with van der Waals surface area (Å²) in [5.74, 6) is -0.488. The molecule has 0 spiro atoms. The van der Waals surface area contributed by atoms with Gasteiger partial charge in [-0.15, -0.1) is 0 Å². The molecule has 0 aliphatic carbocycles. The number of nitrogens with zero attached hydrogens (tertiary/aromatic N) is 1. The SMILES string of the molecule is Cc1ccc(NC(=O)CN2C(=O)S/C(=C/c3ccc(OCC(=O)Nc4ccccc4C(C)C)cc3)C2=O)c(C)c1. The van der Waals surface area contributed by atoms with Crippen LogP contribution in [0.3, 0.4) is 0 Å². The van der Waals surface area contributed by atoms with E-state index in [2.05, 4.69) is 24.5 Å². The van der Waals surface area contributed by atoms with Crippen molar-refractivity contribution >= 4 is 52.2 Å². The number of rotatable bonds is 9. The standard InChI is InChI=1S/C31H31N3O5S/c1-19(2)24-7-5-6-8-26(24)33-29(36)18-39-23-12-10-22(11-13-23)16-27-30(37)34(31(38)40-27)17-28(35)32-25-14-9-20(3)15-21(25)4/h5-16,19H,17-18H2,1-4H3,(H,32,35)(H,33,36)/b27-16+. The number of imide groups is 1. The normalized spacial score (nSPS) is 14.1. The van der Waals surface area contributed by atoms with E-state index < -0.39 is 17.1 Å². The molecule has 1 heterocycles. The fourth-order valence-electron chi connectivity index (χ4n) is 4.18. The Bertz CT molecular complexity index is 1480. The van der Waals surface area contributed by atoms with Gasteiger partial charge in [0, 0.05) is 11.4 Å². The molecule has 9 heteroatoms. The number of carbonyl (C=O) groups excluding carboxylic acids is 4. The molecule has 40 heavy (non-hydrogen) atoms. The molecule has 0 bridgehead atoms. The minimum absolute atomic E-state index is 0.158. The van der Waals surface area contributed by atoms with Crippen molar-refractivity contribution in [2.24, 2.45) is 0 Å². The Morgan fingerprint density at radius 3 is 2.33 bits per heavy atom. The Morgan fingerprint density at radius 2 is 1.62 bits per heavy atom. The second-order valence-electron chi connectivity index (χ2n) is 9.78. The van der Waals surface area contributed by atoms with E-state index in [1.54, 1.807) is 36.4 Å². The first-order valence-electron chi connectivity index (χ1n) is 12.8. The minimum atomic E-state index is -0.524. The number of para-hydroxylation sites is 1. The van der Waals surface area contributed by atoms with Gasteiger partial charge < -0.3 is 15.4 Å². The smallest absolute Gasteiger partial charge is 0.294 e. The van der Waals surface area contributed by atoms with E-state index >= 15 is 0 Å². The van der Waals surface area contributed by atoms with E-state index in [0.717, 1.165) is 39.0 Å². The highest BCUT2D eigenvalue weighted by Crippen LogP contribution is 2.32. The number of hydrogen-bond donors (Lipinski definition) is 2. The maximum atomic E-state index is 12.8. The Balaban J connectivity index is 1.32. The van der Waals surface area contributed by atoms with Gasteiger partial charge in [0.2, 0.25) is 5.91 Å². The van der Waals surface area contributed by atoms with E-state index in [1.807, 2.05) is 50.2 Å². The van der Waals surface area contributed by atoms with Crippen LogP contribution >= 0.6 is 11.8 Å². The second-order valence-corrected chi connectivity index (χ2v) is 10.8. The predicted molar refractivity (Wildman–Crippen MR) is 158 cm³/mol. The molecule has 3 aromatic rings. The van der Waals surface area contributed by atoms with Crippen LogP contribution in [-0.2, 0) is 14.4 Å². The lowest BCUT2D eigenvalue weighted by Gasteiger charge is -2.14. The number of amides is 4. The van der Waals surface area contributed by atoms with Crippen LogP contribution in [0.2, 0.25) is 0 Å². The molecule has 1 aliphatic rings. The number of anilines is 2. The lowest BCUT2D eigenvalue weighted by atomic mass is 10.0. The first kappa shape index (κ1) is 28.6. The molecular formula is C31H31N3O5S. The van der Waals surface area contributed by atoms with E-state index in [-0.39, 0.29) is 29.9 Å². The molecular weight excluding hydrogens is 526 g/mol. The van der Waals surface area contributed by atoms with Crippen LogP contribution in [0.25, 0.3) is 6.08 Å². The zero-order valence-corrected chi connectivity index (χ0v) is 23.6. The summed E-state index contributed by atoms with van der Waals surface area (Å²) in [4.78, 5) is 51.4. The van der Waals surface area contributed by atoms with Crippen LogP contribution in [-0.4, -0.2) is 41.0 Å². The second kappa shape index (κ2) is 12.7. The van der Waals surface area contributed by atoms with Crippen molar-refractivity contribution in [3.8, 4) is 5.75 Å². The van der Waals surface area contributed by atoms with Crippen molar-refractivity contribution in [1.29, 1.82) is 0 Å². The average Bonchev–Trinajstić information content (AvgIpc) is 3.17. The molecule has 0 saturated carbocycles. The molecule has 4 rings (SSSR count). The van der Waals surface area contributed by atoms with Crippen LogP contribution in [0.4, 0.5) is 16.2 Å². The maximum absolute atomic E-state index is 12.8. The van der Waals surface area contributed by atoms with Crippen molar-refractivity contribution in [1.82, 2.24) is 4.90 Å². The van der Waals surface area contributed by atoms with Gasteiger partial charge in [-0.25, -0.2) is 0 Å². The zero-order valence-electron chi connectivity index (χ0n) is 22.8. The molecule has 0 radical (unpaired) electrons. The molecule has 1 aliphatic heterocycles. The number of thioether (sulfide) groups is 1. The molecule has 8 nitrogen and oxygen atoms in total. The van der Waals surface area contributed by atoms with Gasteiger partial charge in [0.1, 0.15) is 12.3 Å². The molecule has 0 unspecified atom stereocenters. The number of aryl methyl sites for hydroxylation is 2. The van der Waals surface area contributed by atoms with E-state index in [4.69, 9.17) is 4.74 Å². The number of hydrogen-bond acceptors (Lipinski definition) is 6. The monoisotopic (exact) mass is 557 g/mol. The van der Waals surface area contributed by atoms with E-state index in [0.29, 0.717) is 17.0 Å². The molecule has 0 aromatic heterocycles. The van der Waals surface area contributed by atoms with Crippen LogP contribution in [0.15, 0.2) is 71.6 Å². The van der Waals surface area contributed by atoms with Gasteiger partial charge in [0.25, 0.3) is 17.1 Å². The number of carbonyl (C=O) groups is 4. The zero-order chi connectivity index (χ0) is 28.8. The average molecular weight is 558 g/mol. The van der Waals surface area contributed by atoms with Gasteiger partial charge in [0.15, 0.2) is 6.61 Å². The highest BCUT2D eigenvalue weighted by Gasteiger charge is 2.36. The Morgan fingerprint density at radius 1 is 0.925 bits per heavy atom. The number of nitrogens with one attached hydrogen (secondary N) is 2. The highest BCUT2D eigenvalue weighted by atomic mass is 32.2. The summed E-state index contributed by atoms with van der Waals surface area (Å²) in [6.07, 6.45) is 1.59. The first-order chi connectivity index (χ1) is 19.1. The maximum Gasteiger partial charge on any atom is 0.294 e. The Labute approximate surface area is 237 Å². The third-order valence-electron chi connectivity index (χ3n) is 6.24. The van der Waals surface area contributed by atoms with E-state index in [1.165, 1.54) is 0 Å². The predicted octanol–water partition coefficient (Wildman–Crippen LogP) is 6.12. The number of ether oxygens (including phenoxy) is 1. The summed E-state index contributed by atoms with van der Waals surface area (Å²) < 4.78 is 5.62. The summed E-state index contributed by atoms with van der Waals surface area (Å²) >= 11 is 0.787. The molecule has 4 amide bonds. The van der Waals surface area contributed by atoms with Gasteiger partial charge in [-0.2, -0.15) is 0 Å². The van der Waals surface area contributed by atoms with Crippen molar-refractivity contribution in [2.45, 2.75) is 33.6 Å². The quantitative estimate of drug-likeness (QED) is 0.307. The summed E-state index contributed by atoms with van der Waals surface area (Å²) in [7, 11) is 0. The van der Waals surface area contributed by atoms with Gasteiger partial charge in [0.05, 0.1) is 4.91 Å². The number of benzene rings is 3. The van der Waals surface area contributed by atoms with Gasteiger partial charge in [-0.05, 0) is 78.6 Å². The van der Waals surface area contributed by atoms with Crippen LogP contribution in [0, 0.1) is 13.8 Å². The van der Waals surface area contributed by atoms with Gasteiger partial charge in [-0.1, -0.05) is 61.9 Å². The fourth-order valence-corrected chi connectivity index (χ4v) is 5.02. The topological polar surface area (TPSA) is 105 Å². The highest BCUT2D eigenvalue weighted by molar-refractivity contribution is 8.18. The van der Waals surface area contributed by atoms with Crippen LogP contribution in [0.1, 0.15) is 42.0 Å². The van der Waals surface area contributed by atoms with Crippen LogP contribution in [0.5, 0.6) is 5.75 Å². The first-order valence-corrected chi connectivity index (χ1v) is 13.7. The molecule has 2 N–H and O–H groups in total. The summed E-state index contributed by atoms with van der Waals surface area (Å²) in [6.45, 7) is 7.44. The summed E-state index contributed by atoms with van der Waals surface area (Å²) in [5.41, 5.74) is 5.09. The van der Waals surface area contributed by atoms with E-state index in [9.17, 15) is 19.2 Å². The van der Waals surface area contributed by atoms with Crippen molar-refractivity contribution in [3.05, 3.63) is 93.9 Å². The Kier molecular flexibility index (Phi) is 9.06. The molecule has 0 atom stereocenters. The molecule has 3 aromatic carbocycles. The van der Waals surface area contributed by atoms with Gasteiger partial charge in [-0.3, -0.25) is 24.1 Å². The lowest BCUT2D eigenvalue weighted by Crippen LogP contribution is -2.36. The fraction of sp³-hybridized carbons (Fsp3) is 0.226.